The SMILES string of the molecule is CCCNC(Cc1cnccc1N)c1cc(F)ccc1F. The van der Waals surface area contributed by atoms with Crippen LogP contribution in [0.2, 0.25) is 0 Å². The lowest BCUT2D eigenvalue weighted by Gasteiger charge is -2.20. The van der Waals surface area contributed by atoms with Gasteiger partial charge in [-0.2, -0.15) is 0 Å². The summed E-state index contributed by atoms with van der Waals surface area (Å²) in [6.07, 6.45) is 4.62. The fraction of sp³-hybridized carbons (Fsp3) is 0.312. The lowest BCUT2D eigenvalue weighted by Crippen LogP contribution is -2.25. The fourth-order valence-electron chi connectivity index (χ4n) is 2.22. The Hall–Kier alpha value is -2.01. The van der Waals surface area contributed by atoms with Crippen LogP contribution >= 0.6 is 0 Å². The monoisotopic (exact) mass is 291 g/mol. The molecule has 0 radical (unpaired) electrons. The summed E-state index contributed by atoms with van der Waals surface area (Å²) in [5.41, 5.74) is 7.64. The minimum atomic E-state index is -0.450. The van der Waals surface area contributed by atoms with Gasteiger partial charge in [-0.1, -0.05) is 6.92 Å². The molecule has 3 N–H and O–H groups in total. The number of hydrogen-bond donors (Lipinski definition) is 2. The molecule has 1 unspecified atom stereocenters. The van der Waals surface area contributed by atoms with Gasteiger partial charge in [0, 0.05) is 29.7 Å². The molecular weight excluding hydrogens is 272 g/mol. The van der Waals surface area contributed by atoms with E-state index in [-0.39, 0.29) is 6.04 Å². The molecule has 0 bridgehead atoms. The molecule has 0 aliphatic rings. The fourth-order valence-corrected chi connectivity index (χ4v) is 2.22. The van der Waals surface area contributed by atoms with Crippen LogP contribution in [0.15, 0.2) is 36.7 Å². The zero-order chi connectivity index (χ0) is 15.2. The van der Waals surface area contributed by atoms with Crippen LogP contribution in [-0.2, 0) is 6.42 Å². The molecular formula is C16H19F2N3. The van der Waals surface area contributed by atoms with Gasteiger partial charge in [0.1, 0.15) is 11.6 Å². The zero-order valence-electron chi connectivity index (χ0n) is 11.9. The average molecular weight is 291 g/mol. The van der Waals surface area contributed by atoms with E-state index in [0.717, 1.165) is 24.1 Å². The molecule has 1 aromatic heterocycles. The van der Waals surface area contributed by atoms with E-state index in [9.17, 15) is 8.78 Å². The smallest absolute Gasteiger partial charge is 0.128 e. The first-order valence-electron chi connectivity index (χ1n) is 6.98. The molecule has 0 aliphatic carbocycles. The Morgan fingerprint density at radius 1 is 1.29 bits per heavy atom. The highest BCUT2D eigenvalue weighted by Crippen LogP contribution is 2.24. The van der Waals surface area contributed by atoms with Gasteiger partial charge in [0.25, 0.3) is 0 Å². The number of halogens is 2. The second-order valence-corrected chi connectivity index (χ2v) is 4.95. The highest BCUT2D eigenvalue weighted by Gasteiger charge is 2.17. The third kappa shape index (κ3) is 3.98. The first-order chi connectivity index (χ1) is 10.1. The van der Waals surface area contributed by atoms with Crippen molar-refractivity contribution in [2.45, 2.75) is 25.8 Å². The zero-order valence-corrected chi connectivity index (χ0v) is 11.9. The summed E-state index contributed by atoms with van der Waals surface area (Å²) in [6.45, 7) is 2.73. The van der Waals surface area contributed by atoms with Gasteiger partial charge < -0.3 is 11.1 Å². The quantitative estimate of drug-likeness (QED) is 0.859. The molecule has 0 spiro atoms. The molecule has 3 nitrogen and oxygen atoms in total. The Labute approximate surface area is 123 Å². The number of benzene rings is 1. The van der Waals surface area contributed by atoms with Gasteiger partial charge in [-0.25, -0.2) is 8.78 Å². The number of nitrogen functional groups attached to an aromatic ring is 1. The maximum absolute atomic E-state index is 14.0. The number of nitrogens with zero attached hydrogens (tertiary/aromatic N) is 1. The number of nitrogens with one attached hydrogen (secondary N) is 1. The summed E-state index contributed by atoms with van der Waals surface area (Å²) in [5, 5.41) is 3.24. The molecule has 0 saturated heterocycles. The van der Waals surface area contributed by atoms with Crippen molar-refractivity contribution in [3.05, 3.63) is 59.4 Å². The lowest BCUT2D eigenvalue weighted by atomic mass is 9.98. The number of rotatable bonds is 6. The van der Waals surface area contributed by atoms with Gasteiger partial charge in [0.2, 0.25) is 0 Å². The first kappa shape index (κ1) is 15.4. The topological polar surface area (TPSA) is 50.9 Å². The van der Waals surface area contributed by atoms with Crippen LogP contribution < -0.4 is 11.1 Å². The Kier molecular flexibility index (Phi) is 5.22. The van der Waals surface area contributed by atoms with E-state index in [4.69, 9.17) is 5.73 Å². The van der Waals surface area contributed by atoms with E-state index < -0.39 is 11.6 Å². The predicted molar refractivity (Wildman–Crippen MR) is 79.7 cm³/mol. The molecule has 0 amide bonds. The van der Waals surface area contributed by atoms with Gasteiger partial charge in [-0.05, 0) is 49.2 Å². The molecule has 2 aromatic rings. The molecule has 1 atom stereocenters. The Bertz CT molecular complexity index is 602. The normalized spacial score (nSPS) is 12.3. The van der Waals surface area contributed by atoms with E-state index in [1.54, 1.807) is 18.5 Å². The number of pyridine rings is 1. The summed E-state index contributed by atoms with van der Waals surface area (Å²) in [7, 11) is 0. The van der Waals surface area contributed by atoms with Crippen LogP contribution in [0.1, 0.15) is 30.5 Å². The van der Waals surface area contributed by atoms with Gasteiger partial charge in [-0.15, -0.1) is 0 Å². The Morgan fingerprint density at radius 3 is 2.81 bits per heavy atom. The summed E-state index contributed by atoms with van der Waals surface area (Å²) >= 11 is 0. The minimum absolute atomic E-state index is 0.312. The predicted octanol–water partition coefficient (Wildman–Crippen LogP) is 3.23. The van der Waals surface area contributed by atoms with Crippen molar-refractivity contribution in [1.29, 1.82) is 0 Å². The Morgan fingerprint density at radius 2 is 2.10 bits per heavy atom. The van der Waals surface area contributed by atoms with Crippen LogP contribution in [0.3, 0.4) is 0 Å². The molecule has 112 valence electrons. The van der Waals surface area contributed by atoms with Crippen molar-refractivity contribution in [1.82, 2.24) is 10.3 Å². The highest BCUT2D eigenvalue weighted by molar-refractivity contribution is 5.45. The molecule has 5 heteroatoms. The van der Waals surface area contributed by atoms with E-state index in [2.05, 4.69) is 10.3 Å². The molecule has 0 saturated carbocycles. The molecule has 0 fully saturated rings. The maximum atomic E-state index is 14.0. The molecule has 2 rings (SSSR count). The van der Waals surface area contributed by atoms with Crippen molar-refractivity contribution in [2.24, 2.45) is 0 Å². The largest absolute Gasteiger partial charge is 0.398 e. The highest BCUT2D eigenvalue weighted by atomic mass is 19.1. The summed E-state index contributed by atoms with van der Waals surface area (Å²) < 4.78 is 27.4. The van der Waals surface area contributed by atoms with Crippen molar-refractivity contribution < 1.29 is 8.78 Å². The van der Waals surface area contributed by atoms with Crippen molar-refractivity contribution >= 4 is 5.69 Å². The van der Waals surface area contributed by atoms with Crippen LogP contribution in [0.4, 0.5) is 14.5 Å². The first-order valence-corrected chi connectivity index (χ1v) is 6.98. The second kappa shape index (κ2) is 7.13. The molecule has 1 heterocycles. The standard InChI is InChI=1S/C16H19F2N3/c1-2-6-21-16(8-11-10-20-7-5-15(11)19)13-9-12(17)3-4-14(13)18/h3-5,7,9-10,16,21H,2,6,8H2,1H3,(H2,19,20). The third-order valence-electron chi connectivity index (χ3n) is 3.34. The van der Waals surface area contributed by atoms with Crippen LogP contribution in [0.25, 0.3) is 0 Å². The summed E-state index contributed by atoms with van der Waals surface area (Å²) in [4.78, 5) is 4.04. The average Bonchev–Trinajstić information content (AvgIpc) is 2.48. The molecule has 1 aromatic carbocycles. The number of nitrogens with two attached hydrogens (primary N) is 1. The van der Waals surface area contributed by atoms with Gasteiger partial charge in [0.15, 0.2) is 0 Å². The Balaban J connectivity index is 2.30. The number of anilines is 1. The van der Waals surface area contributed by atoms with Gasteiger partial charge >= 0.3 is 0 Å². The van der Waals surface area contributed by atoms with Crippen molar-refractivity contribution in [2.75, 3.05) is 12.3 Å². The van der Waals surface area contributed by atoms with Crippen molar-refractivity contribution in [3.8, 4) is 0 Å². The summed E-state index contributed by atoms with van der Waals surface area (Å²) in [5.74, 6) is -0.874. The van der Waals surface area contributed by atoms with Crippen molar-refractivity contribution in [3.63, 3.8) is 0 Å². The molecule has 0 aliphatic heterocycles. The van der Waals surface area contributed by atoms with Crippen LogP contribution in [0, 0.1) is 11.6 Å². The lowest BCUT2D eigenvalue weighted by molar-refractivity contribution is 0.490. The minimum Gasteiger partial charge on any atom is -0.398 e. The number of aromatic nitrogens is 1. The second-order valence-electron chi connectivity index (χ2n) is 4.95. The van der Waals surface area contributed by atoms with E-state index in [0.29, 0.717) is 24.2 Å². The van der Waals surface area contributed by atoms with E-state index >= 15 is 0 Å². The van der Waals surface area contributed by atoms with Gasteiger partial charge in [0.05, 0.1) is 0 Å². The van der Waals surface area contributed by atoms with Crippen LogP contribution in [-0.4, -0.2) is 11.5 Å². The van der Waals surface area contributed by atoms with Crippen LogP contribution in [0.5, 0.6) is 0 Å². The van der Waals surface area contributed by atoms with Gasteiger partial charge in [-0.3, -0.25) is 4.98 Å². The third-order valence-corrected chi connectivity index (χ3v) is 3.34. The number of hydrogen-bond acceptors (Lipinski definition) is 3. The molecule has 21 heavy (non-hydrogen) atoms. The maximum Gasteiger partial charge on any atom is 0.128 e. The van der Waals surface area contributed by atoms with E-state index in [1.165, 1.54) is 6.07 Å². The summed E-state index contributed by atoms with van der Waals surface area (Å²) in [6, 6.07) is 4.86. The van der Waals surface area contributed by atoms with E-state index in [1.807, 2.05) is 6.92 Å².